The summed E-state index contributed by atoms with van der Waals surface area (Å²) < 4.78 is 0. The van der Waals surface area contributed by atoms with E-state index < -0.39 is 0 Å². The van der Waals surface area contributed by atoms with E-state index in [1.54, 1.807) is 0 Å². The Labute approximate surface area is 105 Å². The maximum atomic E-state index is 11.9. The monoisotopic (exact) mass is 238 g/mol. The van der Waals surface area contributed by atoms with Gasteiger partial charge in [0.25, 0.3) is 0 Å². The van der Waals surface area contributed by atoms with E-state index in [-0.39, 0.29) is 11.4 Å². The van der Waals surface area contributed by atoms with Crippen molar-refractivity contribution < 1.29 is 4.79 Å². The third kappa shape index (κ3) is 3.44. The number of rotatable bonds is 5. The highest BCUT2D eigenvalue weighted by atomic mass is 16.1. The average Bonchev–Trinajstić information content (AvgIpc) is 2.33. The largest absolute Gasteiger partial charge is 0.351 e. The number of nitrogens with one attached hydrogen (secondary N) is 2. The molecule has 0 aromatic carbocycles. The predicted molar refractivity (Wildman–Crippen MR) is 69.8 cm³/mol. The van der Waals surface area contributed by atoms with Gasteiger partial charge in [-0.2, -0.15) is 0 Å². The molecule has 3 nitrogen and oxygen atoms in total. The van der Waals surface area contributed by atoms with Crippen molar-refractivity contribution in [2.75, 3.05) is 13.1 Å². The molecule has 0 aromatic heterocycles. The standard InChI is InChI=1S/C14H26N2O/c1-2-14(8-3-9-14)16-13(17)5-4-12-6-10-15-11-7-12/h12,15H,2-11H2,1H3,(H,16,17). The maximum absolute atomic E-state index is 11.9. The van der Waals surface area contributed by atoms with Gasteiger partial charge in [0, 0.05) is 12.0 Å². The van der Waals surface area contributed by atoms with Gasteiger partial charge in [0.2, 0.25) is 5.91 Å². The Hall–Kier alpha value is -0.570. The topological polar surface area (TPSA) is 41.1 Å². The molecule has 0 radical (unpaired) electrons. The fraction of sp³-hybridized carbons (Fsp3) is 0.929. The lowest BCUT2D eigenvalue weighted by Gasteiger charge is -2.42. The lowest BCUT2D eigenvalue weighted by atomic mass is 9.74. The van der Waals surface area contributed by atoms with Crippen molar-refractivity contribution in [3.8, 4) is 0 Å². The number of carbonyl (C=O) groups excluding carboxylic acids is 1. The minimum atomic E-state index is 0.172. The molecule has 2 N–H and O–H groups in total. The molecular weight excluding hydrogens is 212 g/mol. The van der Waals surface area contributed by atoms with Gasteiger partial charge in [0.05, 0.1) is 0 Å². The molecule has 1 amide bonds. The highest BCUT2D eigenvalue weighted by molar-refractivity contribution is 5.76. The smallest absolute Gasteiger partial charge is 0.220 e. The van der Waals surface area contributed by atoms with Crippen molar-refractivity contribution in [3.05, 3.63) is 0 Å². The average molecular weight is 238 g/mol. The van der Waals surface area contributed by atoms with E-state index in [1.807, 2.05) is 0 Å². The second-order valence-electron chi connectivity index (χ2n) is 5.77. The van der Waals surface area contributed by atoms with Crippen molar-refractivity contribution in [2.24, 2.45) is 5.92 Å². The Balaban J connectivity index is 1.66. The first-order valence-electron chi connectivity index (χ1n) is 7.26. The summed E-state index contributed by atoms with van der Waals surface area (Å²) in [6, 6.07) is 0. The molecule has 0 aromatic rings. The summed E-state index contributed by atoms with van der Waals surface area (Å²) in [5, 5.41) is 6.63. The molecule has 1 aliphatic heterocycles. The van der Waals surface area contributed by atoms with Crippen LogP contribution >= 0.6 is 0 Å². The summed E-state index contributed by atoms with van der Waals surface area (Å²) >= 11 is 0. The van der Waals surface area contributed by atoms with E-state index in [1.165, 1.54) is 32.1 Å². The molecule has 17 heavy (non-hydrogen) atoms. The van der Waals surface area contributed by atoms with E-state index in [2.05, 4.69) is 17.6 Å². The highest BCUT2D eigenvalue weighted by Crippen LogP contribution is 2.34. The molecule has 1 aliphatic carbocycles. The van der Waals surface area contributed by atoms with Crippen LogP contribution in [0.3, 0.4) is 0 Å². The number of hydrogen-bond donors (Lipinski definition) is 2. The van der Waals surface area contributed by atoms with Crippen LogP contribution in [0, 0.1) is 5.92 Å². The highest BCUT2D eigenvalue weighted by Gasteiger charge is 2.36. The Morgan fingerprint density at radius 3 is 2.59 bits per heavy atom. The van der Waals surface area contributed by atoms with E-state index >= 15 is 0 Å². The second-order valence-corrected chi connectivity index (χ2v) is 5.77. The van der Waals surface area contributed by atoms with Gasteiger partial charge in [-0.1, -0.05) is 6.92 Å². The van der Waals surface area contributed by atoms with Gasteiger partial charge in [-0.3, -0.25) is 4.79 Å². The number of carbonyl (C=O) groups is 1. The van der Waals surface area contributed by atoms with Crippen molar-refractivity contribution in [1.29, 1.82) is 0 Å². The molecule has 1 saturated heterocycles. The summed E-state index contributed by atoms with van der Waals surface area (Å²) in [7, 11) is 0. The minimum absolute atomic E-state index is 0.172. The fourth-order valence-corrected chi connectivity index (χ4v) is 3.03. The van der Waals surface area contributed by atoms with Crippen LogP contribution in [0.1, 0.15) is 58.3 Å². The first kappa shape index (κ1) is 12.9. The van der Waals surface area contributed by atoms with Crippen LogP contribution in [-0.4, -0.2) is 24.5 Å². The second kappa shape index (κ2) is 5.85. The normalized spacial score (nSPS) is 24.1. The first-order valence-corrected chi connectivity index (χ1v) is 7.26. The number of piperidine rings is 1. The van der Waals surface area contributed by atoms with E-state index in [9.17, 15) is 4.79 Å². The van der Waals surface area contributed by atoms with Gasteiger partial charge in [-0.25, -0.2) is 0 Å². The summed E-state index contributed by atoms with van der Waals surface area (Å²) in [5.74, 6) is 1.05. The van der Waals surface area contributed by atoms with E-state index in [4.69, 9.17) is 0 Å². The first-order chi connectivity index (χ1) is 8.24. The molecule has 1 saturated carbocycles. The molecule has 0 spiro atoms. The van der Waals surface area contributed by atoms with E-state index in [0.717, 1.165) is 38.3 Å². The zero-order chi connectivity index (χ0) is 12.1. The summed E-state index contributed by atoms with van der Waals surface area (Å²) in [5.41, 5.74) is 0.172. The molecule has 2 aliphatic rings. The van der Waals surface area contributed by atoms with Crippen LogP contribution in [0.2, 0.25) is 0 Å². The van der Waals surface area contributed by atoms with Crippen molar-refractivity contribution >= 4 is 5.91 Å². The number of hydrogen-bond acceptors (Lipinski definition) is 2. The van der Waals surface area contributed by atoms with Crippen LogP contribution in [-0.2, 0) is 4.79 Å². The van der Waals surface area contributed by atoms with Crippen molar-refractivity contribution in [1.82, 2.24) is 10.6 Å². The van der Waals surface area contributed by atoms with Gasteiger partial charge in [0.1, 0.15) is 0 Å². The van der Waals surface area contributed by atoms with Crippen molar-refractivity contribution in [3.63, 3.8) is 0 Å². The lowest BCUT2D eigenvalue weighted by Crippen LogP contribution is -2.53. The van der Waals surface area contributed by atoms with Crippen LogP contribution in [0.5, 0.6) is 0 Å². The SMILES string of the molecule is CCC1(NC(=O)CCC2CCNCC2)CCC1. The molecule has 0 unspecified atom stereocenters. The van der Waals surface area contributed by atoms with Crippen LogP contribution < -0.4 is 10.6 Å². The molecule has 3 heteroatoms. The molecule has 2 fully saturated rings. The Morgan fingerprint density at radius 1 is 1.35 bits per heavy atom. The predicted octanol–water partition coefficient (Wildman–Crippen LogP) is 2.22. The van der Waals surface area contributed by atoms with Gasteiger partial charge < -0.3 is 10.6 Å². The van der Waals surface area contributed by atoms with Crippen molar-refractivity contribution in [2.45, 2.75) is 63.8 Å². The molecular formula is C14H26N2O. The van der Waals surface area contributed by atoms with Crippen LogP contribution in [0.25, 0.3) is 0 Å². The molecule has 0 atom stereocenters. The Kier molecular flexibility index (Phi) is 4.43. The summed E-state index contributed by atoms with van der Waals surface area (Å²) in [4.78, 5) is 11.9. The minimum Gasteiger partial charge on any atom is -0.351 e. The van der Waals surface area contributed by atoms with E-state index in [0.29, 0.717) is 0 Å². The Bertz CT molecular complexity index is 249. The van der Waals surface area contributed by atoms with Gasteiger partial charge in [-0.05, 0) is 64.0 Å². The zero-order valence-corrected chi connectivity index (χ0v) is 11.1. The molecule has 2 rings (SSSR count). The summed E-state index contributed by atoms with van der Waals surface area (Å²) in [6.07, 6.45) is 9.03. The maximum Gasteiger partial charge on any atom is 0.220 e. The fourth-order valence-electron chi connectivity index (χ4n) is 3.03. The quantitative estimate of drug-likeness (QED) is 0.771. The molecule has 0 bridgehead atoms. The van der Waals surface area contributed by atoms with Crippen LogP contribution in [0.4, 0.5) is 0 Å². The third-order valence-corrected chi connectivity index (χ3v) is 4.63. The summed E-state index contributed by atoms with van der Waals surface area (Å²) in [6.45, 7) is 4.45. The van der Waals surface area contributed by atoms with Gasteiger partial charge in [-0.15, -0.1) is 0 Å². The third-order valence-electron chi connectivity index (χ3n) is 4.63. The molecule has 98 valence electrons. The van der Waals surface area contributed by atoms with Crippen LogP contribution in [0.15, 0.2) is 0 Å². The zero-order valence-electron chi connectivity index (χ0n) is 11.1. The van der Waals surface area contributed by atoms with Gasteiger partial charge in [0.15, 0.2) is 0 Å². The Morgan fingerprint density at radius 2 is 2.06 bits per heavy atom. The molecule has 1 heterocycles. The number of amides is 1. The van der Waals surface area contributed by atoms with Gasteiger partial charge >= 0.3 is 0 Å². The lowest BCUT2D eigenvalue weighted by molar-refractivity contribution is -0.124.